The number of amides is 1. The SMILES string of the molecule is O=C(/C=C/c1ccc(N2CCNCC2)cc1)N1CCCCC1. The highest BCUT2D eigenvalue weighted by Gasteiger charge is 2.13. The molecule has 0 aromatic heterocycles. The van der Waals surface area contributed by atoms with E-state index >= 15 is 0 Å². The van der Waals surface area contributed by atoms with E-state index in [-0.39, 0.29) is 5.91 Å². The minimum Gasteiger partial charge on any atom is -0.369 e. The number of likely N-dealkylation sites (tertiary alicyclic amines) is 1. The zero-order chi connectivity index (χ0) is 15.2. The Morgan fingerprint density at radius 3 is 2.32 bits per heavy atom. The number of carbonyl (C=O) groups is 1. The van der Waals surface area contributed by atoms with E-state index in [2.05, 4.69) is 34.5 Å². The number of rotatable bonds is 3. The van der Waals surface area contributed by atoms with Gasteiger partial charge in [-0.3, -0.25) is 4.79 Å². The molecular weight excluding hydrogens is 274 g/mol. The van der Waals surface area contributed by atoms with Crippen LogP contribution in [0.5, 0.6) is 0 Å². The van der Waals surface area contributed by atoms with E-state index in [9.17, 15) is 4.79 Å². The first-order valence-electron chi connectivity index (χ1n) is 8.36. The monoisotopic (exact) mass is 299 g/mol. The molecule has 4 heteroatoms. The lowest BCUT2D eigenvalue weighted by Gasteiger charge is -2.29. The van der Waals surface area contributed by atoms with Gasteiger partial charge in [0.2, 0.25) is 5.91 Å². The van der Waals surface area contributed by atoms with Crippen LogP contribution in [0.15, 0.2) is 30.3 Å². The number of carbonyl (C=O) groups excluding carboxylic acids is 1. The van der Waals surface area contributed by atoms with Crippen molar-refractivity contribution in [2.24, 2.45) is 0 Å². The standard InChI is InChI=1S/C18H25N3O/c22-18(21-12-2-1-3-13-21)9-6-16-4-7-17(8-5-16)20-14-10-19-11-15-20/h4-9,19H,1-3,10-15H2/b9-6+. The quantitative estimate of drug-likeness (QED) is 0.869. The largest absolute Gasteiger partial charge is 0.369 e. The summed E-state index contributed by atoms with van der Waals surface area (Å²) >= 11 is 0. The van der Waals surface area contributed by atoms with E-state index in [1.54, 1.807) is 6.08 Å². The van der Waals surface area contributed by atoms with Gasteiger partial charge in [-0.15, -0.1) is 0 Å². The molecule has 2 aliphatic rings. The van der Waals surface area contributed by atoms with E-state index in [0.717, 1.165) is 57.7 Å². The number of hydrogen-bond acceptors (Lipinski definition) is 3. The van der Waals surface area contributed by atoms with Crippen LogP contribution in [0.3, 0.4) is 0 Å². The molecule has 2 aliphatic heterocycles. The number of piperazine rings is 1. The number of anilines is 1. The highest BCUT2D eigenvalue weighted by molar-refractivity contribution is 5.91. The maximum absolute atomic E-state index is 12.1. The third kappa shape index (κ3) is 3.89. The van der Waals surface area contributed by atoms with Crippen LogP contribution >= 0.6 is 0 Å². The summed E-state index contributed by atoms with van der Waals surface area (Å²) in [5.74, 6) is 0.144. The first-order valence-corrected chi connectivity index (χ1v) is 8.36. The fourth-order valence-corrected chi connectivity index (χ4v) is 3.11. The first kappa shape index (κ1) is 15.1. The highest BCUT2D eigenvalue weighted by atomic mass is 16.2. The van der Waals surface area contributed by atoms with Crippen LogP contribution in [0.1, 0.15) is 24.8 Å². The Labute approximate surface area is 132 Å². The smallest absolute Gasteiger partial charge is 0.246 e. The molecule has 1 amide bonds. The van der Waals surface area contributed by atoms with Gasteiger partial charge in [-0.05, 0) is 43.0 Å². The van der Waals surface area contributed by atoms with Gasteiger partial charge < -0.3 is 15.1 Å². The molecule has 4 nitrogen and oxygen atoms in total. The van der Waals surface area contributed by atoms with Crippen molar-refractivity contribution >= 4 is 17.7 Å². The Balaban J connectivity index is 1.58. The summed E-state index contributed by atoms with van der Waals surface area (Å²) < 4.78 is 0. The Bertz CT molecular complexity index is 512. The number of piperidine rings is 1. The normalized spacial score (nSPS) is 19.6. The van der Waals surface area contributed by atoms with Crippen molar-refractivity contribution in [2.75, 3.05) is 44.2 Å². The number of nitrogens with one attached hydrogen (secondary N) is 1. The third-order valence-corrected chi connectivity index (χ3v) is 4.46. The molecule has 0 unspecified atom stereocenters. The molecular formula is C18H25N3O. The lowest BCUT2D eigenvalue weighted by molar-refractivity contribution is -0.126. The maximum atomic E-state index is 12.1. The van der Waals surface area contributed by atoms with Crippen LogP contribution in [-0.2, 0) is 4.79 Å². The van der Waals surface area contributed by atoms with Crippen molar-refractivity contribution in [3.63, 3.8) is 0 Å². The van der Waals surface area contributed by atoms with Gasteiger partial charge in [0.15, 0.2) is 0 Å². The fraction of sp³-hybridized carbons (Fsp3) is 0.500. The topological polar surface area (TPSA) is 35.6 Å². The van der Waals surface area contributed by atoms with Crippen LogP contribution < -0.4 is 10.2 Å². The van der Waals surface area contributed by atoms with Crippen LogP contribution in [0.2, 0.25) is 0 Å². The summed E-state index contributed by atoms with van der Waals surface area (Å²) in [5.41, 5.74) is 2.35. The summed E-state index contributed by atoms with van der Waals surface area (Å²) in [4.78, 5) is 16.5. The molecule has 0 spiro atoms. The van der Waals surface area contributed by atoms with Crippen LogP contribution in [-0.4, -0.2) is 50.1 Å². The van der Waals surface area contributed by atoms with Gasteiger partial charge in [-0.2, -0.15) is 0 Å². The molecule has 2 saturated heterocycles. The van der Waals surface area contributed by atoms with Crippen LogP contribution in [0, 0.1) is 0 Å². The van der Waals surface area contributed by atoms with Crippen molar-refractivity contribution in [3.05, 3.63) is 35.9 Å². The molecule has 3 rings (SSSR count). The molecule has 1 N–H and O–H groups in total. The van der Waals surface area contributed by atoms with Gasteiger partial charge in [0.05, 0.1) is 0 Å². The van der Waals surface area contributed by atoms with Crippen molar-refractivity contribution in [1.82, 2.24) is 10.2 Å². The average Bonchev–Trinajstić information content (AvgIpc) is 2.61. The molecule has 2 fully saturated rings. The van der Waals surface area contributed by atoms with Crippen LogP contribution in [0.25, 0.3) is 6.08 Å². The molecule has 1 aromatic rings. The third-order valence-electron chi connectivity index (χ3n) is 4.46. The second-order valence-electron chi connectivity index (χ2n) is 6.05. The predicted octanol–water partition coefficient (Wildman–Crippen LogP) is 2.12. The summed E-state index contributed by atoms with van der Waals surface area (Å²) in [5, 5.41) is 3.36. The Hall–Kier alpha value is -1.81. The molecule has 2 heterocycles. The lowest BCUT2D eigenvalue weighted by atomic mass is 10.1. The number of nitrogens with zero attached hydrogens (tertiary/aromatic N) is 2. The van der Waals surface area contributed by atoms with Gasteiger partial charge in [0.1, 0.15) is 0 Å². The molecule has 118 valence electrons. The Morgan fingerprint density at radius 1 is 0.955 bits per heavy atom. The summed E-state index contributed by atoms with van der Waals surface area (Å²) in [6.07, 6.45) is 7.17. The van der Waals surface area contributed by atoms with E-state index < -0.39 is 0 Å². The van der Waals surface area contributed by atoms with Crippen molar-refractivity contribution in [2.45, 2.75) is 19.3 Å². The fourth-order valence-electron chi connectivity index (χ4n) is 3.11. The van der Waals surface area contributed by atoms with Gasteiger partial charge in [-0.1, -0.05) is 12.1 Å². The lowest BCUT2D eigenvalue weighted by Crippen LogP contribution is -2.43. The van der Waals surface area contributed by atoms with E-state index in [1.165, 1.54) is 12.1 Å². The first-order chi connectivity index (χ1) is 10.8. The second kappa shape index (κ2) is 7.45. The summed E-state index contributed by atoms with van der Waals surface area (Å²) in [6, 6.07) is 8.49. The van der Waals surface area contributed by atoms with E-state index in [4.69, 9.17) is 0 Å². The van der Waals surface area contributed by atoms with Crippen molar-refractivity contribution in [3.8, 4) is 0 Å². The van der Waals surface area contributed by atoms with Gasteiger partial charge in [0.25, 0.3) is 0 Å². The molecule has 22 heavy (non-hydrogen) atoms. The van der Waals surface area contributed by atoms with E-state index in [0.29, 0.717) is 0 Å². The molecule has 0 radical (unpaired) electrons. The van der Waals surface area contributed by atoms with Crippen molar-refractivity contribution < 1.29 is 4.79 Å². The van der Waals surface area contributed by atoms with Gasteiger partial charge >= 0.3 is 0 Å². The molecule has 1 aromatic carbocycles. The zero-order valence-electron chi connectivity index (χ0n) is 13.1. The minimum atomic E-state index is 0.144. The summed E-state index contributed by atoms with van der Waals surface area (Å²) in [6.45, 7) is 6.03. The Kier molecular flexibility index (Phi) is 5.11. The van der Waals surface area contributed by atoms with E-state index in [1.807, 2.05) is 11.0 Å². The molecule has 0 atom stereocenters. The van der Waals surface area contributed by atoms with Crippen molar-refractivity contribution in [1.29, 1.82) is 0 Å². The minimum absolute atomic E-state index is 0.144. The molecule has 0 bridgehead atoms. The maximum Gasteiger partial charge on any atom is 0.246 e. The number of hydrogen-bond donors (Lipinski definition) is 1. The van der Waals surface area contributed by atoms with Gasteiger partial charge in [-0.25, -0.2) is 0 Å². The van der Waals surface area contributed by atoms with Gasteiger partial charge in [0, 0.05) is 51.0 Å². The average molecular weight is 299 g/mol. The number of benzene rings is 1. The molecule has 0 aliphatic carbocycles. The predicted molar refractivity (Wildman–Crippen MR) is 91.0 cm³/mol. The second-order valence-corrected chi connectivity index (χ2v) is 6.05. The molecule has 0 saturated carbocycles. The van der Waals surface area contributed by atoms with Crippen LogP contribution in [0.4, 0.5) is 5.69 Å². The zero-order valence-corrected chi connectivity index (χ0v) is 13.1. The summed E-state index contributed by atoms with van der Waals surface area (Å²) in [7, 11) is 0. The highest BCUT2D eigenvalue weighted by Crippen LogP contribution is 2.17. The Morgan fingerprint density at radius 2 is 1.64 bits per heavy atom.